The van der Waals surface area contributed by atoms with E-state index in [2.05, 4.69) is 27.3 Å². The van der Waals surface area contributed by atoms with E-state index in [1.165, 1.54) is 5.56 Å². The van der Waals surface area contributed by atoms with Crippen LogP contribution in [0.5, 0.6) is 0 Å². The van der Waals surface area contributed by atoms with Gasteiger partial charge in [0.25, 0.3) is 0 Å². The van der Waals surface area contributed by atoms with E-state index in [0.717, 1.165) is 31.9 Å². The molecule has 1 aliphatic heterocycles. The first-order chi connectivity index (χ1) is 9.20. The lowest BCUT2D eigenvalue weighted by molar-refractivity contribution is -0.0117. The summed E-state index contributed by atoms with van der Waals surface area (Å²) in [6, 6.07) is 4.01. The summed E-state index contributed by atoms with van der Waals surface area (Å²) in [6.07, 6.45) is 2.17. The summed E-state index contributed by atoms with van der Waals surface area (Å²) in [5.41, 5.74) is 2.02. The zero-order valence-corrected chi connectivity index (χ0v) is 11.3. The van der Waals surface area contributed by atoms with E-state index in [1.807, 2.05) is 25.3 Å². The third-order valence-electron chi connectivity index (χ3n) is 3.31. The number of likely N-dealkylation sites (N-methyl/N-ethyl adjacent to an activating group) is 1. The number of nitrogens with one attached hydrogen (secondary N) is 1. The van der Waals surface area contributed by atoms with Crippen molar-refractivity contribution in [2.24, 2.45) is 0 Å². The van der Waals surface area contributed by atoms with Crippen LogP contribution in [-0.2, 0) is 4.74 Å². The van der Waals surface area contributed by atoms with Crippen molar-refractivity contribution in [2.75, 3.05) is 38.6 Å². The van der Waals surface area contributed by atoms with Gasteiger partial charge >= 0.3 is 0 Å². The highest BCUT2D eigenvalue weighted by atomic mass is 16.5. The normalized spacial score (nSPS) is 20.8. The van der Waals surface area contributed by atoms with E-state index < -0.39 is 0 Å². The molecule has 3 rings (SSSR count). The topological polar surface area (TPSA) is 54.7 Å². The van der Waals surface area contributed by atoms with Crippen molar-refractivity contribution in [1.29, 1.82) is 0 Å². The molecule has 2 aromatic rings. The van der Waals surface area contributed by atoms with Gasteiger partial charge in [0.05, 0.1) is 12.7 Å². The van der Waals surface area contributed by atoms with E-state index in [9.17, 15) is 0 Å². The predicted octanol–water partition coefficient (Wildman–Crippen LogP) is 0.780. The number of pyridine rings is 1. The van der Waals surface area contributed by atoms with Crippen molar-refractivity contribution < 1.29 is 4.74 Å². The number of nitrogens with zero attached hydrogens (tertiary/aromatic N) is 4. The molecular formula is C13H19N5O. The summed E-state index contributed by atoms with van der Waals surface area (Å²) in [5, 5.41) is 7.65. The molecule has 3 heterocycles. The second-order valence-electron chi connectivity index (χ2n) is 5.08. The standard InChI is InChI=1S/C13H19N5O/c1-10-3-4-12-15-13(16-18(12)8-10)14-7-11-9-17(2)5-6-19-11/h3-4,8,11H,5-7,9H2,1-2H3,(H,14,16). The van der Waals surface area contributed by atoms with Gasteiger partial charge in [-0.25, -0.2) is 4.52 Å². The fourth-order valence-corrected chi connectivity index (χ4v) is 2.26. The largest absolute Gasteiger partial charge is 0.374 e. The number of aryl methyl sites for hydroxylation is 1. The number of fused-ring (bicyclic) bond motifs is 1. The Hall–Kier alpha value is -1.66. The summed E-state index contributed by atoms with van der Waals surface area (Å²) in [7, 11) is 2.11. The summed E-state index contributed by atoms with van der Waals surface area (Å²) >= 11 is 0. The van der Waals surface area contributed by atoms with Gasteiger partial charge in [-0.05, 0) is 25.6 Å². The van der Waals surface area contributed by atoms with Crippen LogP contribution in [-0.4, -0.2) is 58.9 Å². The molecule has 1 atom stereocenters. The molecule has 1 fully saturated rings. The van der Waals surface area contributed by atoms with Gasteiger partial charge < -0.3 is 15.0 Å². The molecule has 0 saturated carbocycles. The summed E-state index contributed by atoms with van der Waals surface area (Å²) in [5.74, 6) is 0.655. The minimum Gasteiger partial charge on any atom is -0.374 e. The summed E-state index contributed by atoms with van der Waals surface area (Å²) in [4.78, 5) is 6.70. The lowest BCUT2D eigenvalue weighted by Gasteiger charge is -2.29. The number of ether oxygens (including phenoxy) is 1. The Morgan fingerprint density at radius 2 is 2.37 bits per heavy atom. The maximum Gasteiger partial charge on any atom is 0.243 e. The van der Waals surface area contributed by atoms with Crippen molar-refractivity contribution in [3.05, 3.63) is 23.9 Å². The molecular weight excluding hydrogens is 242 g/mol. The molecule has 1 N–H and O–H groups in total. The molecule has 19 heavy (non-hydrogen) atoms. The molecule has 0 bridgehead atoms. The quantitative estimate of drug-likeness (QED) is 0.885. The van der Waals surface area contributed by atoms with Crippen LogP contribution in [0.2, 0.25) is 0 Å². The first-order valence-corrected chi connectivity index (χ1v) is 6.58. The Labute approximate surface area is 112 Å². The number of aromatic nitrogens is 3. The minimum absolute atomic E-state index is 0.201. The number of rotatable bonds is 3. The maximum absolute atomic E-state index is 5.70. The molecule has 0 spiro atoms. The zero-order valence-electron chi connectivity index (χ0n) is 11.3. The average Bonchev–Trinajstić information content (AvgIpc) is 2.78. The first kappa shape index (κ1) is 12.4. The Kier molecular flexibility index (Phi) is 3.35. The molecule has 6 nitrogen and oxygen atoms in total. The molecule has 6 heteroatoms. The van der Waals surface area contributed by atoms with Gasteiger partial charge in [0.2, 0.25) is 5.95 Å². The second kappa shape index (κ2) is 5.14. The maximum atomic E-state index is 5.70. The van der Waals surface area contributed by atoms with Crippen molar-refractivity contribution in [1.82, 2.24) is 19.5 Å². The molecule has 1 unspecified atom stereocenters. The molecule has 102 valence electrons. The monoisotopic (exact) mass is 261 g/mol. The van der Waals surface area contributed by atoms with Gasteiger partial charge in [-0.2, -0.15) is 4.98 Å². The van der Waals surface area contributed by atoms with Gasteiger partial charge in [-0.3, -0.25) is 0 Å². The van der Waals surface area contributed by atoms with Crippen LogP contribution in [0.3, 0.4) is 0 Å². The van der Waals surface area contributed by atoms with Crippen molar-refractivity contribution in [3.63, 3.8) is 0 Å². The van der Waals surface area contributed by atoms with Crippen molar-refractivity contribution in [3.8, 4) is 0 Å². The molecule has 0 amide bonds. The lowest BCUT2D eigenvalue weighted by Crippen LogP contribution is -2.43. The fourth-order valence-electron chi connectivity index (χ4n) is 2.26. The third-order valence-corrected chi connectivity index (χ3v) is 3.31. The fraction of sp³-hybridized carbons (Fsp3) is 0.538. The Morgan fingerprint density at radius 1 is 1.47 bits per heavy atom. The Morgan fingerprint density at radius 3 is 3.21 bits per heavy atom. The molecule has 2 aromatic heterocycles. The molecule has 1 aliphatic rings. The summed E-state index contributed by atoms with van der Waals surface area (Å²) < 4.78 is 7.49. The van der Waals surface area contributed by atoms with Crippen LogP contribution in [0, 0.1) is 6.92 Å². The van der Waals surface area contributed by atoms with Gasteiger partial charge in [-0.1, -0.05) is 6.07 Å². The van der Waals surface area contributed by atoms with E-state index >= 15 is 0 Å². The smallest absolute Gasteiger partial charge is 0.243 e. The highest BCUT2D eigenvalue weighted by Crippen LogP contribution is 2.08. The molecule has 0 aliphatic carbocycles. The second-order valence-corrected chi connectivity index (χ2v) is 5.08. The number of hydrogen-bond acceptors (Lipinski definition) is 5. The van der Waals surface area contributed by atoms with E-state index in [1.54, 1.807) is 4.52 Å². The van der Waals surface area contributed by atoms with Gasteiger partial charge in [0, 0.05) is 25.8 Å². The Balaban J connectivity index is 1.65. The summed E-state index contributed by atoms with van der Waals surface area (Å²) in [6.45, 7) is 5.52. The number of morpholine rings is 1. The molecule has 1 saturated heterocycles. The third kappa shape index (κ3) is 2.85. The van der Waals surface area contributed by atoms with Crippen molar-refractivity contribution in [2.45, 2.75) is 13.0 Å². The van der Waals surface area contributed by atoms with Gasteiger partial charge in [0.1, 0.15) is 0 Å². The van der Waals surface area contributed by atoms with Crippen molar-refractivity contribution >= 4 is 11.6 Å². The average molecular weight is 261 g/mol. The van der Waals surface area contributed by atoms with Crippen LogP contribution in [0.15, 0.2) is 18.3 Å². The highest BCUT2D eigenvalue weighted by Gasteiger charge is 2.17. The number of hydrogen-bond donors (Lipinski definition) is 1. The van der Waals surface area contributed by atoms with E-state index in [0.29, 0.717) is 5.95 Å². The highest BCUT2D eigenvalue weighted by molar-refractivity contribution is 5.44. The van der Waals surface area contributed by atoms with Gasteiger partial charge in [0.15, 0.2) is 5.65 Å². The number of anilines is 1. The molecule has 0 radical (unpaired) electrons. The Bertz CT molecular complexity index is 567. The van der Waals surface area contributed by atoms with Crippen LogP contribution >= 0.6 is 0 Å². The van der Waals surface area contributed by atoms with Crippen LogP contribution < -0.4 is 5.32 Å². The van der Waals surface area contributed by atoms with Gasteiger partial charge in [-0.15, -0.1) is 5.10 Å². The lowest BCUT2D eigenvalue weighted by atomic mass is 10.3. The van der Waals surface area contributed by atoms with Crippen LogP contribution in [0.25, 0.3) is 5.65 Å². The van der Waals surface area contributed by atoms with E-state index in [-0.39, 0.29) is 6.10 Å². The van der Waals surface area contributed by atoms with Crippen LogP contribution in [0.4, 0.5) is 5.95 Å². The molecule has 0 aromatic carbocycles. The minimum atomic E-state index is 0.201. The SMILES string of the molecule is Cc1ccc2nc(NCC3CN(C)CCO3)nn2c1. The van der Waals surface area contributed by atoms with Crippen LogP contribution in [0.1, 0.15) is 5.56 Å². The van der Waals surface area contributed by atoms with E-state index in [4.69, 9.17) is 4.74 Å². The first-order valence-electron chi connectivity index (χ1n) is 6.58. The predicted molar refractivity (Wildman–Crippen MR) is 73.5 cm³/mol. The zero-order chi connectivity index (χ0) is 13.2.